The zero-order valence-corrected chi connectivity index (χ0v) is 14.6. The Morgan fingerprint density at radius 2 is 1.79 bits per heavy atom. The molecule has 0 fully saturated rings. The zero-order valence-electron chi connectivity index (χ0n) is 13.1. The van der Waals surface area contributed by atoms with E-state index in [1.165, 1.54) is 0 Å². The van der Waals surface area contributed by atoms with Crippen molar-refractivity contribution in [3.8, 4) is 11.3 Å². The number of carbonyl (C=O) groups is 1. The molecule has 122 valence electrons. The van der Waals surface area contributed by atoms with Crippen LogP contribution in [0, 0.1) is 6.92 Å². The van der Waals surface area contributed by atoms with Gasteiger partial charge in [0.25, 0.3) is 5.91 Å². The fraction of sp³-hybridized carbons (Fsp3) is 0.105. The third-order valence-electron chi connectivity index (χ3n) is 4.05. The van der Waals surface area contributed by atoms with Crippen molar-refractivity contribution in [1.29, 1.82) is 0 Å². The fourth-order valence-corrected chi connectivity index (χ4v) is 3.23. The summed E-state index contributed by atoms with van der Waals surface area (Å²) in [4.78, 5) is 11.7. The van der Waals surface area contributed by atoms with E-state index in [4.69, 9.17) is 28.9 Å². The van der Waals surface area contributed by atoms with Crippen LogP contribution in [0.3, 0.4) is 0 Å². The van der Waals surface area contributed by atoms with Crippen LogP contribution in [0.25, 0.3) is 11.3 Å². The highest BCUT2D eigenvalue weighted by Gasteiger charge is 2.17. The third kappa shape index (κ3) is 3.18. The molecule has 0 bridgehead atoms. The fourth-order valence-electron chi connectivity index (χ4n) is 2.77. The van der Waals surface area contributed by atoms with Gasteiger partial charge in [-0.05, 0) is 36.2 Å². The van der Waals surface area contributed by atoms with Crippen LogP contribution in [0.15, 0.2) is 54.6 Å². The van der Waals surface area contributed by atoms with E-state index in [0.717, 1.165) is 22.5 Å². The zero-order chi connectivity index (χ0) is 17.3. The maximum atomic E-state index is 11.7. The predicted molar refractivity (Wildman–Crippen MR) is 98.7 cm³/mol. The summed E-state index contributed by atoms with van der Waals surface area (Å²) in [7, 11) is 0. The first-order chi connectivity index (χ1) is 11.5. The number of rotatable bonds is 4. The molecule has 0 radical (unpaired) electrons. The van der Waals surface area contributed by atoms with Gasteiger partial charge in [0.15, 0.2) is 0 Å². The molecule has 0 saturated carbocycles. The van der Waals surface area contributed by atoms with E-state index >= 15 is 0 Å². The average Bonchev–Trinajstić information content (AvgIpc) is 2.88. The maximum Gasteiger partial charge on any atom is 0.250 e. The molecule has 0 aliphatic heterocycles. The maximum absolute atomic E-state index is 11.7. The molecular formula is C19H16Cl2N2O. The third-order valence-corrected chi connectivity index (χ3v) is 4.63. The van der Waals surface area contributed by atoms with Crippen LogP contribution in [-0.2, 0) is 6.54 Å². The molecule has 0 saturated heterocycles. The van der Waals surface area contributed by atoms with Gasteiger partial charge in [0.1, 0.15) is 0 Å². The molecule has 0 aliphatic carbocycles. The molecule has 0 unspecified atom stereocenters. The van der Waals surface area contributed by atoms with E-state index in [-0.39, 0.29) is 0 Å². The number of halogens is 2. The van der Waals surface area contributed by atoms with Crippen molar-refractivity contribution in [2.24, 2.45) is 5.73 Å². The van der Waals surface area contributed by atoms with Gasteiger partial charge >= 0.3 is 0 Å². The number of hydrogen-bond acceptors (Lipinski definition) is 1. The average molecular weight is 359 g/mol. The van der Waals surface area contributed by atoms with Gasteiger partial charge in [-0.25, -0.2) is 0 Å². The Labute approximate surface area is 150 Å². The number of nitrogens with two attached hydrogens (primary N) is 1. The van der Waals surface area contributed by atoms with Gasteiger partial charge in [-0.2, -0.15) is 0 Å². The van der Waals surface area contributed by atoms with E-state index in [0.29, 0.717) is 22.2 Å². The van der Waals surface area contributed by atoms with Gasteiger partial charge < -0.3 is 10.3 Å². The first-order valence-electron chi connectivity index (χ1n) is 7.46. The molecule has 2 N–H and O–H groups in total. The lowest BCUT2D eigenvalue weighted by Gasteiger charge is -2.13. The highest BCUT2D eigenvalue weighted by molar-refractivity contribution is 6.35. The molecule has 3 rings (SSSR count). The number of carbonyl (C=O) groups excluding carboxylic acids is 1. The minimum absolute atomic E-state index is 0.439. The summed E-state index contributed by atoms with van der Waals surface area (Å²) in [5.74, 6) is -0.439. The van der Waals surface area contributed by atoms with Crippen LogP contribution in [0.4, 0.5) is 0 Å². The van der Waals surface area contributed by atoms with Crippen LogP contribution >= 0.6 is 23.2 Å². The second-order valence-electron chi connectivity index (χ2n) is 5.58. The normalized spacial score (nSPS) is 10.8. The standard InChI is InChI=1S/C19H16Cl2N2O/c1-12-16(19(22)24)10-18(13-5-3-2-4-6-13)23(12)11-14-7-8-15(20)9-17(14)21/h2-10H,11H2,1H3,(H2,22,24). The Bertz CT molecular complexity index is 901. The van der Waals surface area contributed by atoms with Crippen LogP contribution < -0.4 is 5.73 Å². The number of aromatic nitrogens is 1. The number of primary amides is 1. The van der Waals surface area contributed by atoms with Gasteiger partial charge in [0.05, 0.1) is 5.56 Å². The van der Waals surface area contributed by atoms with Crippen molar-refractivity contribution in [3.05, 3.63) is 81.5 Å². The Morgan fingerprint density at radius 1 is 1.08 bits per heavy atom. The van der Waals surface area contributed by atoms with E-state index in [2.05, 4.69) is 0 Å². The smallest absolute Gasteiger partial charge is 0.250 e. The first-order valence-corrected chi connectivity index (χ1v) is 8.22. The Morgan fingerprint density at radius 3 is 2.42 bits per heavy atom. The predicted octanol–water partition coefficient (Wildman–Crippen LogP) is 4.92. The van der Waals surface area contributed by atoms with Crippen LogP contribution in [-0.4, -0.2) is 10.5 Å². The highest BCUT2D eigenvalue weighted by atomic mass is 35.5. The molecule has 1 aromatic heterocycles. The van der Waals surface area contributed by atoms with E-state index in [1.807, 2.05) is 54.0 Å². The molecule has 3 aromatic rings. The van der Waals surface area contributed by atoms with Crippen molar-refractivity contribution in [2.75, 3.05) is 0 Å². The quantitative estimate of drug-likeness (QED) is 0.706. The van der Waals surface area contributed by atoms with Gasteiger partial charge in [-0.15, -0.1) is 0 Å². The molecule has 5 heteroatoms. The lowest BCUT2D eigenvalue weighted by atomic mass is 10.1. The molecule has 1 heterocycles. The van der Waals surface area contributed by atoms with Crippen LogP contribution in [0.5, 0.6) is 0 Å². The van der Waals surface area contributed by atoms with Gasteiger partial charge in [0.2, 0.25) is 0 Å². The lowest BCUT2D eigenvalue weighted by Crippen LogP contribution is -2.12. The largest absolute Gasteiger partial charge is 0.366 e. The number of hydrogen-bond donors (Lipinski definition) is 1. The Hall–Kier alpha value is -2.23. The molecular weight excluding hydrogens is 343 g/mol. The van der Waals surface area contributed by atoms with Crippen molar-refractivity contribution in [1.82, 2.24) is 4.57 Å². The number of nitrogens with zero attached hydrogens (tertiary/aromatic N) is 1. The lowest BCUT2D eigenvalue weighted by molar-refractivity contribution is 0.0999. The van der Waals surface area contributed by atoms with Crippen molar-refractivity contribution in [2.45, 2.75) is 13.5 Å². The molecule has 0 aliphatic rings. The Balaban J connectivity index is 2.13. The SMILES string of the molecule is Cc1c(C(N)=O)cc(-c2ccccc2)n1Cc1ccc(Cl)cc1Cl. The van der Waals surface area contributed by atoms with Gasteiger partial charge in [-0.1, -0.05) is 59.6 Å². The Kier molecular flexibility index (Phi) is 4.65. The van der Waals surface area contributed by atoms with Crippen LogP contribution in [0.2, 0.25) is 10.0 Å². The summed E-state index contributed by atoms with van der Waals surface area (Å²) >= 11 is 12.3. The summed E-state index contributed by atoms with van der Waals surface area (Å²) < 4.78 is 2.05. The first kappa shape index (κ1) is 16.6. The molecule has 2 aromatic carbocycles. The van der Waals surface area contributed by atoms with Crippen molar-refractivity contribution in [3.63, 3.8) is 0 Å². The minimum Gasteiger partial charge on any atom is -0.366 e. The monoisotopic (exact) mass is 358 g/mol. The summed E-state index contributed by atoms with van der Waals surface area (Å²) in [5.41, 5.74) is 9.71. The van der Waals surface area contributed by atoms with Crippen LogP contribution in [0.1, 0.15) is 21.6 Å². The summed E-state index contributed by atoms with van der Waals surface area (Å²) in [6, 6.07) is 17.1. The van der Waals surface area contributed by atoms with Crippen molar-refractivity contribution >= 4 is 29.1 Å². The molecule has 24 heavy (non-hydrogen) atoms. The summed E-state index contributed by atoms with van der Waals surface area (Å²) in [5, 5.41) is 1.18. The molecule has 0 spiro atoms. The number of benzene rings is 2. The van der Waals surface area contributed by atoms with E-state index < -0.39 is 5.91 Å². The summed E-state index contributed by atoms with van der Waals surface area (Å²) in [6.45, 7) is 2.41. The molecule has 1 amide bonds. The molecule has 3 nitrogen and oxygen atoms in total. The summed E-state index contributed by atoms with van der Waals surface area (Å²) in [6.07, 6.45) is 0. The highest BCUT2D eigenvalue weighted by Crippen LogP contribution is 2.29. The second kappa shape index (κ2) is 6.71. The topological polar surface area (TPSA) is 48.0 Å². The second-order valence-corrected chi connectivity index (χ2v) is 6.42. The number of amides is 1. The van der Waals surface area contributed by atoms with E-state index in [1.54, 1.807) is 12.1 Å². The van der Waals surface area contributed by atoms with Gasteiger partial charge in [0, 0.05) is 28.0 Å². The molecule has 0 atom stereocenters. The minimum atomic E-state index is -0.439. The van der Waals surface area contributed by atoms with Crippen molar-refractivity contribution < 1.29 is 4.79 Å². The van der Waals surface area contributed by atoms with E-state index in [9.17, 15) is 4.79 Å². The van der Waals surface area contributed by atoms with Gasteiger partial charge in [-0.3, -0.25) is 4.79 Å².